The Morgan fingerprint density at radius 1 is 1.15 bits per heavy atom. The van der Waals surface area contributed by atoms with Crippen LogP contribution in [0.1, 0.15) is 59.3 Å². The van der Waals surface area contributed by atoms with E-state index in [1.54, 1.807) is 0 Å². The van der Waals surface area contributed by atoms with Gasteiger partial charge in [-0.1, -0.05) is 20.8 Å². The molecule has 0 saturated carbocycles. The van der Waals surface area contributed by atoms with Crippen molar-refractivity contribution in [2.75, 3.05) is 32.7 Å². The highest BCUT2D eigenvalue weighted by Crippen LogP contribution is 2.24. The quantitative estimate of drug-likeness (QED) is 0.668. The fourth-order valence-electron chi connectivity index (χ4n) is 4.11. The summed E-state index contributed by atoms with van der Waals surface area (Å²) in [5.41, 5.74) is 0. The van der Waals surface area contributed by atoms with Crippen LogP contribution in [0.3, 0.4) is 0 Å². The smallest absolute Gasteiger partial charge is 0.226 e. The molecule has 0 atom stereocenters. The van der Waals surface area contributed by atoms with Crippen LogP contribution < -0.4 is 5.32 Å². The molecule has 2 aliphatic heterocycles. The first-order valence-electron chi connectivity index (χ1n) is 10.2. The normalized spacial score (nSPS) is 20.1. The number of nitrogens with zero attached hydrogens (tertiary/aromatic N) is 2. The van der Waals surface area contributed by atoms with Gasteiger partial charge in [-0.25, -0.2) is 0 Å². The van der Waals surface area contributed by atoms with Crippen molar-refractivity contribution < 1.29 is 14.4 Å². The van der Waals surface area contributed by atoms with E-state index in [4.69, 9.17) is 0 Å². The largest absolute Gasteiger partial charge is 0.343 e. The summed E-state index contributed by atoms with van der Waals surface area (Å²) in [4.78, 5) is 39.8. The Morgan fingerprint density at radius 3 is 2.31 bits per heavy atom. The van der Waals surface area contributed by atoms with Crippen molar-refractivity contribution in [1.82, 2.24) is 15.1 Å². The van der Waals surface area contributed by atoms with Crippen molar-refractivity contribution in [3.05, 3.63) is 0 Å². The van der Waals surface area contributed by atoms with Crippen LogP contribution in [0.5, 0.6) is 0 Å². The predicted octanol–water partition coefficient (Wildman–Crippen LogP) is 2.04. The third-order valence-corrected chi connectivity index (χ3v) is 5.58. The molecule has 0 radical (unpaired) electrons. The van der Waals surface area contributed by atoms with Crippen molar-refractivity contribution >= 4 is 17.7 Å². The molecule has 2 heterocycles. The maximum atomic E-state index is 12.5. The molecule has 0 unspecified atom stereocenters. The molecule has 6 heteroatoms. The van der Waals surface area contributed by atoms with E-state index < -0.39 is 0 Å². The van der Waals surface area contributed by atoms with Crippen LogP contribution in [0.4, 0.5) is 0 Å². The molecule has 148 valence electrons. The van der Waals surface area contributed by atoms with Crippen LogP contribution >= 0.6 is 0 Å². The molecule has 1 N–H and O–H groups in total. The standard InChI is InChI=1S/C20H35N3O3/c1-4-22(14-15(2)3)8-5-16-6-9-23(10-7-16)20(26)13-17-11-18(24)21-19(25)12-17/h15-17H,4-14H2,1-3H3,(H,21,24,25). The van der Waals surface area contributed by atoms with Gasteiger partial charge in [0.25, 0.3) is 0 Å². The van der Waals surface area contributed by atoms with Crippen LogP contribution in [0.15, 0.2) is 0 Å². The molecule has 26 heavy (non-hydrogen) atoms. The minimum Gasteiger partial charge on any atom is -0.343 e. The number of carbonyl (C=O) groups excluding carboxylic acids is 3. The first-order valence-corrected chi connectivity index (χ1v) is 10.2. The second-order valence-corrected chi connectivity index (χ2v) is 8.35. The predicted molar refractivity (Wildman–Crippen MR) is 101 cm³/mol. The monoisotopic (exact) mass is 365 g/mol. The summed E-state index contributed by atoms with van der Waals surface area (Å²) in [5.74, 6) is 0.867. The summed E-state index contributed by atoms with van der Waals surface area (Å²) in [6.07, 6.45) is 4.24. The zero-order chi connectivity index (χ0) is 19.1. The van der Waals surface area contributed by atoms with Gasteiger partial charge in [0.15, 0.2) is 0 Å². The van der Waals surface area contributed by atoms with Crippen LogP contribution in [0, 0.1) is 17.8 Å². The van der Waals surface area contributed by atoms with Crippen LogP contribution in [-0.4, -0.2) is 60.2 Å². The van der Waals surface area contributed by atoms with Gasteiger partial charge in [-0.3, -0.25) is 19.7 Å². The Hall–Kier alpha value is -1.43. The number of carbonyl (C=O) groups is 3. The van der Waals surface area contributed by atoms with Crippen LogP contribution in [0.25, 0.3) is 0 Å². The van der Waals surface area contributed by atoms with Gasteiger partial charge in [-0.15, -0.1) is 0 Å². The van der Waals surface area contributed by atoms with E-state index in [9.17, 15) is 14.4 Å². The number of imide groups is 1. The number of hydrogen-bond donors (Lipinski definition) is 1. The lowest BCUT2D eigenvalue weighted by atomic mass is 9.90. The lowest BCUT2D eigenvalue weighted by molar-refractivity contribution is -0.137. The van der Waals surface area contributed by atoms with Gasteiger partial charge in [0.05, 0.1) is 0 Å². The van der Waals surface area contributed by atoms with Crippen molar-refractivity contribution in [2.24, 2.45) is 17.8 Å². The fraction of sp³-hybridized carbons (Fsp3) is 0.850. The number of hydrogen-bond acceptors (Lipinski definition) is 4. The average molecular weight is 366 g/mol. The second-order valence-electron chi connectivity index (χ2n) is 8.35. The zero-order valence-electron chi connectivity index (χ0n) is 16.6. The highest BCUT2D eigenvalue weighted by Gasteiger charge is 2.29. The number of rotatable bonds is 8. The van der Waals surface area contributed by atoms with Crippen molar-refractivity contribution in [1.29, 1.82) is 0 Å². The highest BCUT2D eigenvalue weighted by molar-refractivity contribution is 5.98. The molecule has 0 aromatic rings. The lowest BCUT2D eigenvalue weighted by Gasteiger charge is -2.34. The third-order valence-electron chi connectivity index (χ3n) is 5.58. The maximum Gasteiger partial charge on any atom is 0.226 e. The van der Waals surface area contributed by atoms with E-state index in [1.165, 1.54) is 6.42 Å². The SMILES string of the molecule is CCN(CCC1CCN(C(=O)CC2CC(=O)NC(=O)C2)CC1)CC(C)C. The Bertz CT molecular complexity index is 483. The van der Waals surface area contributed by atoms with Crippen LogP contribution in [0.2, 0.25) is 0 Å². The summed E-state index contributed by atoms with van der Waals surface area (Å²) < 4.78 is 0. The minimum atomic E-state index is -0.250. The summed E-state index contributed by atoms with van der Waals surface area (Å²) in [6, 6.07) is 0. The van der Waals surface area contributed by atoms with Gasteiger partial charge in [-0.2, -0.15) is 0 Å². The molecule has 2 fully saturated rings. The van der Waals surface area contributed by atoms with Gasteiger partial charge < -0.3 is 9.80 Å². The summed E-state index contributed by atoms with van der Waals surface area (Å²) in [7, 11) is 0. The van der Waals surface area contributed by atoms with Crippen molar-refractivity contribution in [3.63, 3.8) is 0 Å². The number of nitrogens with one attached hydrogen (secondary N) is 1. The molecule has 0 bridgehead atoms. The first-order chi connectivity index (χ1) is 12.4. The van der Waals surface area contributed by atoms with Gasteiger partial charge in [0.1, 0.15) is 0 Å². The molecule has 0 spiro atoms. The van der Waals surface area contributed by atoms with Crippen molar-refractivity contribution in [2.45, 2.75) is 59.3 Å². The molecule has 3 amide bonds. The van der Waals surface area contributed by atoms with Gasteiger partial charge >= 0.3 is 0 Å². The average Bonchev–Trinajstić information content (AvgIpc) is 2.57. The number of likely N-dealkylation sites (tertiary alicyclic amines) is 1. The summed E-state index contributed by atoms with van der Waals surface area (Å²) in [6.45, 7) is 11.8. The highest BCUT2D eigenvalue weighted by atomic mass is 16.2. The van der Waals surface area contributed by atoms with E-state index in [1.807, 2.05) is 4.90 Å². The van der Waals surface area contributed by atoms with E-state index in [2.05, 4.69) is 31.0 Å². The summed E-state index contributed by atoms with van der Waals surface area (Å²) >= 11 is 0. The van der Waals surface area contributed by atoms with E-state index in [0.29, 0.717) is 18.3 Å². The molecule has 2 rings (SSSR count). The van der Waals surface area contributed by atoms with Crippen LogP contribution in [-0.2, 0) is 14.4 Å². The zero-order valence-corrected chi connectivity index (χ0v) is 16.6. The van der Waals surface area contributed by atoms with Gasteiger partial charge in [-0.05, 0) is 50.1 Å². The first kappa shape index (κ1) is 20.9. The molecule has 0 aromatic carbocycles. The van der Waals surface area contributed by atoms with Crippen molar-refractivity contribution in [3.8, 4) is 0 Å². The summed E-state index contributed by atoms with van der Waals surface area (Å²) in [5, 5.41) is 2.30. The fourth-order valence-corrected chi connectivity index (χ4v) is 4.11. The minimum absolute atomic E-state index is 0.103. The maximum absolute atomic E-state index is 12.5. The Balaban J connectivity index is 1.69. The molecular weight excluding hydrogens is 330 g/mol. The van der Waals surface area contributed by atoms with E-state index in [-0.39, 0.29) is 36.5 Å². The molecule has 0 aromatic heterocycles. The van der Waals surface area contributed by atoms with E-state index >= 15 is 0 Å². The third kappa shape index (κ3) is 6.71. The molecule has 2 saturated heterocycles. The van der Waals surface area contributed by atoms with Gasteiger partial charge in [0, 0.05) is 38.9 Å². The Labute approximate surface area is 157 Å². The Morgan fingerprint density at radius 2 is 1.77 bits per heavy atom. The molecular formula is C20H35N3O3. The molecule has 2 aliphatic rings. The topological polar surface area (TPSA) is 69.7 Å². The van der Waals surface area contributed by atoms with E-state index in [0.717, 1.165) is 45.6 Å². The molecule has 6 nitrogen and oxygen atoms in total. The second kappa shape index (κ2) is 10.0. The Kier molecular flexibility index (Phi) is 8.07. The lowest BCUT2D eigenvalue weighted by Crippen LogP contribution is -2.43. The number of amides is 3. The van der Waals surface area contributed by atoms with Gasteiger partial charge in [0.2, 0.25) is 17.7 Å². The number of piperidine rings is 2. The molecule has 0 aliphatic carbocycles.